The number of hydrogen-bond acceptors (Lipinski definition) is 6. The molecule has 0 saturated carbocycles. The largest absolute Gasteiger partial charge is 0.480 e. The first kappa shape index (κ1) is 12.8. The normalized spacial score (nSPS) is 9.88. The van der Waals surface area contributed by atoms with Gasteiger partial charge in [0.25, 0.3) is 0 Å². The van der Waals surface area contributed by atoms with Crippen LogP contribution in [0.2, 0.25) is 0 Å². The highest BCUT2D eigenvalue weighted by molar-refractivity contribution is 5.68. The molecule has 0 aliphatic heterocycles. The molecule has 0 aliphatic rings. The number of anilines is 1. The number of pyridine rings is 1. The molecule has 0 saturated heterocycles. The van der Waals surface area contributed by atoms with E-state index < -0.39 is 17.5 Å². The lowest BCUT2D eigenvalue weighted by molar-refractivity contribution is -0.384. The van der Waals surface area contributed by atoms with E-state index in [4.69, 9.17) is 9.84 Å². The Labute approximate surface area is 96.4 Å². The number of aliphatic carboxylic acids is 1. The number of nitrogens with zero attached hydrogens (tertiary/aromatic N) is 2. The van der Waals surface area contributed by atoms with Crippen molar-refractivity contribution in [2.45, 2.75) is 0 Å². The maximum absolute atomic E-state index is 10.6. The number of carboxylic acids is 1. The van der Waals surface area contributed by atoms with E-state index in [2.05, 4.69) is 10.3 Å². The molecule has 2 N–H and O–H groups in total. The number of nitro groups is 1. The Morgan fingerprint density at radius 3 is 3.06 bits per heavy atom. The lowest BCUT2D eigenvalue weighted by Gasteiger charge is -2.05. The molecule has 0 fully saturated rings. The average Bonchev–Trinajstić information content (AvgIpc) is 2.28. The Balaban J connectivity index is 2.41. The second-order valence-corrected chi connectivity index (χ2v) is 3.00. The lowest BCUT2D eigenvalue weighted by atomic mass is 10.4. The van der Waals surface area contributed by atoms with Crippen molar-refractivity contribution >= 4 is 17.5 Å². The summed E-state index contributed by atoms with van der Waals surface area (Å²) in [5.74, 6) is -0.926. The third-order valence-corrected chi connectivity index (χ3v) is 1.75. The van der Waals surface area contributed by atoms with E-state index in [1.165, 1.54) is 18.3 Å². The van der Waals surface area contributed by atoms with Gasteiger partial charge in [-0.2, -0.15) is 0 Å². The van der Waals surface area contributed by atoms with Gasteiger partial charge in [-0.25, -0.2) is 9.78 Å². The molecule has 0 amide bonds. The molecule has 17 heavy (non-hydrogen) atoms. The van der Waals surface area contributed by atoms with Crippen molar-refractivity contribution in [3.63, 3.8) is 0 Å². The van der Waals surface area contributed by atoms with Gasteiger partial charge in [0, 0.05) is 18.8 Å². The van der Waals surface area contributed by atoms with Crippen molar-refractivity contribution in [1.29, 1.82) is 0 Å². The van der Waals surface area contributed by atoms with Crippen molar-refractivity contribution in [2.75, 3.05) is 25.1 Å². The second kappa shape index (κ2) is 6.38. The zero-order valence-corrected chi connectivity index (χ0v) is 8.83. The van der Waals surface area contributed by atoms with E-state index in [-0.39, 0.29) is 24.7 Å². The number of ether oxygens (including phenoxy) is 1. The molecule has 0 radical (unpaired) electrons. The predicted molar refractivity (Wildman–Crippen MR) is 57.8 cm³/mol. The highest BCUT2D eigenvalue weighted by Gasteiger charge is 2.12. The van der Waals surface area contributed by atoms with Gasteiger partial charge in [0.1, 0.15) is 6.61 Å². The van der Waals surface area contributed by atoms with Crippen LogP contribution in [0.5, 0.6) is 0 Å². The highest BCUT2D eigenvalue weighted by atomic mass is 16.6. The van der Waals surface area contributed by atoms with Gasteiger partial charge in [-0.1, -0.05) is 0 Å². The second-order valence-electron chi connectivity index (χ2n) is 3.00. The van der Waals surface area contributed by atoms with Crippen LogP contribution < -0.4 is 5.32 Å². The van der Waals surface area contributed by atoms with Crippen LogP contribution in [0.1, 0.15) is 0 Å². The minimum Gasteiger partial charge on any atom is -0.480 e. The summed E-state index contributed by atoms with van der Waals surface area (Å²) in [6, 6.07) is 2.79. The zero-order valence-electron chi connectivity index (χ0n) is 8.83. The van der Waals surface area contributed by atoms with E-state index >= 15 is 0 Å². The number of hydrogen-bond donors (Lipinski definition) is 2. The summed E-state index contributed by atoms with van der Waals surface area (Å²) in [6.07, 6.45) is 1.42. The predicted octanol–water partition coefficient (Wildman–Crippen LogP) is 0.503. The van der Waals surface area contributed by atoms with Gasteiger partial charge in [0.05, 0.1) is 11.5 Å². The van der Waals surface area contributed by atoms with Crippen LogP contribution in [0.3, 0.4) is 0 Å². The Morgan fingerprint density at radius 2 is 2.41 bits per heavy atom. The summed E-state index contributed by atoms with van der Waals surface area (Å²) >= 11 is 0. The highest BCUT2D eigenvalue weighted by Crippen LogP contribution is 2.19. The first-order chi connectivity index (χ1) is 8.11. The number of nitrogens with one attached hydrogen (secondary N) is 1. The van der Waals surface area contributed by atoms with Crippen LogP contribution in [-0.4, -0.2) is 40.7 Å². The number of carbonyl (C=O) groups is 1. The van der Waals surface area contributed by atoms with Crippen molar-refractivity contribution in [1.82, 2.24) is 4.98 Å². The topological polar surface area (TPSA) is 115 Å². The van der Waals surface area contributed by atoms with Crippen molar-refractivity contribution in [2.24, 2.45) is 0 Å². The van der Waals surface area contributed by atoms with Crippen LogP contribution in [-0.2, 0) is 9.53 Å². The van der Waals surface area contributed by atoms with Crippen LogP contribution in [0, 0.1) is 10.1 Å². The molecule has 1 heterocycles. The smallest absolute Gasteiger partial charge is 0.329 e. The van der Waals surface area contributed by atoms with E-state index in [0.717, 1.165) is 0 Å². The molecule has 1 rings (SSSR count). The van der Waals surface area contributed by atoms with Crippen LogP contribution in [0.15, 0.2) is 18.3 Å². The van der Waals surface area contributed by atoms with Gasteiger partial charge in [-0.05, 0) is 6.07 Å². The first-order valence-electron chi connectivity index (χ1n) is 4.74. The Morgan fingerprint density at radius 1 is 1.65 bits per heavy atom. The van der Waals surface area contributed by atoms with E-state index in [1.807, 2.05) is 0 Å². The lowest BCUT2D eigenvalue weighted by Crippen LogP contribution is -2.15. The molecule has 1 aromatic rings. The Bertz CT molecular complexity index is 409. The molecular weight excluding hydrogens is 230 g/mol. The van der Waals surface area contributed by atoms with Gasteiger partial charge < -0.3 is 15.2 Å². The molecule has 0 aromatic carbocycles. The maximum Gasteiger partial charge on any atom is 0.329 e. The number of carboxylic acid groups (broad SMARTS) is 1. The molecule has 92 valence electrons. The average molecular weight is 241 g/mol. The molecule has 0 atom stereocenters. The SMILES string of the molecule is O=C(O)COCCNc1ncccc1[N+](=O)[O-]. The van der Waals surface area contributed by atoms with Gasteiger partial charge in [0.15, 0.2) is 0 Å². The summed E-state index contributed by atoms with van der Waals surface area (Å²) < 4.78 is 4.76. The summed E-state index contributed by atoms with van der Waals surface area (Å²) in [5, 5.41) is 21.6. The van der Waals surface area contributed by atoms with Gasteiger partial charge in [0.2, 0.25) is 5.82 Å². The fourth-order valence-corrected chi connectivity index (χ4v) is 1.08. The van der Waals surface area contributed by atoms with Crippen molar-refractivity contribution in [3.05, 3.63) is 28.4 Å². The fraction of sp³-hybridized carbons (Fsp3) is 0.333. The monoisotopic (exact) mass is 241 g/mol. The molecule has 0 aliphatic carbocycles. The molecule has 8 nitrogen and oxygen atoms in total. The minimum atomic E-state index is -1.06. The quantitative estimate of drug-likeness (QED) is 0.405. The first-order valence-corrected chi connectivity index (χ1v) is 4.74. The third-order valence-electron chi connectivity index (χ3n) is 1.75. The van der Waals surface area contributed by atoms with E-state index in [1.54, 1.807) is 0 Å². The van der Waals surface area contributed by atoms with Gasteiger partial charge in [-0.3, -0.25) is 10.1 Å². The molecular formula is C9H11N3O5. The Kier molecular flexibility index (Phi) is 4.82. The Hall–Kier alpha value is -2.22. The third kappa shape index (κ3) is 4.43. The molecule has 0 bridgehead atoms. The van der Waals surface area contributed by atoms with Crippen LogP contribution in [0.25, 0.3) is 0 Å². The van der Waals surface area contributed by atoms with E-state index in [0.29, 0.717) is 0 Å². The van der Waals surface area contributed by atoms with E-state index in [9.17, 15) is 14.9 Å². The molecule has 8 heteroatoms. The molecule has 1 aromatic heterocycles. The van der Waals surface area contributed by atoms with Gasteiger partial charge >= 0.3 is 11.7 Å². The summed E-state index contributed by atoms with van der Waals surface area (Å²) in [5.41, 5.74) is -0.134. The summed E-state index contributed by atoms with van der Waals surface area (Å²) in [6.45, 7) is -0.0306. The van der Waals surface area contributed by atoms with Gasteiger partial charge in [-0.15, -0.1) is 0 Å². The number of aromatic nitrogens is 1. The maximum atomic E-state index is 10.6. The summed E-state index contributed by atoms with van der Waals surface area (Å²) in [7, 11) is 0. The minimum absolute atomic E-state index is 0.125. The van der Waals surface area contributed by atoms with Crippen LogP contribution >= 0.6 is 0 Å². The van der Waals surface area contributed by atoms with Crippen molar-refractivity contribution in [3.8, 4) is 0 Å². The molecule has 0 unspecified atom stereocenters. The molecule has 0 spiro atoms. The van der Waals surface area contributed by atoms with Crippen molar-refractivity contribution < 1.29 is 19.6 Å². The zero-order chi connectivity index (χ0) is 12.7. The number of rotatable bonds is 7. The standard InChI is InChI=1S/C9H11N3O5/c13-8(14)6-17-5-4-11-9-7(12(15)16)2-1-3-10-9/h1-3H,4-6H2,(H,10,11)(H,13,14). The van der Waals surface area contributed by atoms with Crippen LogP contribution in [0.4, 0.5) is 11.5 Å². The fourth-order valence-electron chi connectivity index (χ4n) is 1.08. The summed E-state index contributed by atoms with van der Waals surface area (Å²) in [4.78, 5) is 24.0.